The van der Waals surface area contributed by atoms with Crippen molar-refractivity contribution in [1.82, 2.24) is 20.1 Å². The van der Waals surface area contributed by atoms with Gasteiger partial charge in [0, 0.05) is 51.1 Å². The van der Waals surface area contributed by atoms with Gasteiger partial charge in [0.2, 0.25) is 0 Å². The number of benzene rings is 1. The lowest BCUT2D eigenvalue weighted by Gasteiger charge is -2.39. The monoisotopic (exact) mass is 426 g/mol. The van der Waals surface area contributed by atoms with Crippen LogP contribution in [0, 0.1) is 6.92 Å². The zero-order valence-corrected chi connectivity index (χ0v) is 18.6. The van der Waals surface area contributed by atoms with E-state index >= 15 is 0 Å². The third kappa shape index (κ3) is 5.00. The number of oxazole rings is 1. The van der Waals surface area contributed by atoms with Crippen molar-refractivity contribution in [3.05, 3.63) is 53.7 Å². The molecule has 7 nitrogen and oxygen atoms in total. The van der Waals surface area contributed by atoms with Gasteiger partial charge in [-0.3, -0.25) is 9.69 Å². The lowest BCUT2D eigenvalue weighted by atomic mass is 9.74. The Morgan fingerprint density at radius 3 is 2.58 bits per heavy atom. The van der Waals surface area contributed by atoms with Crippen molar-refractivity contribution in [3.63, 3.8) is 0 Å². The molecule has 4 rings (SSSR count). The number of carbonyl (C=O) groups excluding carboxylic acids is 1. The molecule has 2 aromatic rings. The summed E-state index contributed by atoms with van der Waals surface area (Å²) in [7, 11) is 2.15. The Balaban J connectivity index is 1.52. The smallest absolute Gasteiger partial charge is 0.273 e. The van der Waals surface area contributed by atoms with Crippen molar-refractivity contribution >= 4 is 5.91 Å². The fourth-order valence-corrected chi connectivity index (χ4v) is 5.10. The molecule has 2 aliphatic rings. The number of nitrogens with zero attached hydrogens (tertiary/aromatic N) is 3. The molecule has 0 bridgehead atoms. The summed E-state index contributed by atoms with van der Waals surface area (Å²) >= 11 is 0. The van der Waals surface area contributed by atoms with Crippen LogP contribution in [0.3, 0.4) is 0 Å². The van der Waals surface area contributed by atoms with E-state index in [0.717, 1.165) is 51.9 Å². The molecule has 31 heavy (non-hydrogen) atoms. The highest BCUT2D eigenvalue weighted by molar-refractivity contribution is 5.91. The van der Waals surface area contributed by atoms with Crippen molar-refractivity contribution in [2.45, 2.75) is 50.2 Å². The third-order valence-corrected chi connectivity index (χ3v) is 7.11. The second-order valence-corrected chi connectivity index (χ2v) is 9.13. The van der Waals surface area contributed by atoms with Gasteiger partial charge in [-0.15, -0.1) is 0 Å². The Bertz CT molecular complexity index is 863. The molecule has 3 atom stereocenters. The summed E-state index contributed by atoms with van der Waals surface area (Å²) in [5, 5.41) is 14.1. The second-order valence-electron chi connectivity index (χ2n) is 9.13. The Kier molecular flexibility index (Phi) is 6.74. The van der Waals surface area contributed by atoms with E-state index in [2.05, 4.69) is 51.4 Å². The Hall–Kier alpha value is -2.22. The van der Waals surface area contributed by atoms with Gasteiger partial charge in [0.15, 0.2) is 11.6 Å². The summed E-state index contributed by atoms with van der Waals surface area (Å²) in [6, 6.07) is 10.6. The first-order chi connectivity index (χ1) is 15.0. The summed E-state index contributed by atoms with van der Waals surface area (Å²) in [5.74, 6) is 0.267. The van der Waals surface area contributed by atoms with Gasteiger partial charge in [-0.1, -0.05) is 30.3 Å². The Morgan fingerprint density at radius 2 is 1.90 bits per heavy atom. The fraction of sp³-hybridized carbons (Fsp3) is 0.583. The van der Waals surface area contributed by atoms with Gasteiger partial charge < -0.3 is 19.7 Å². The molecule has 1 aromatic heterocycles. The van der Waals surface area contributed by atoms with E-state index in [4.69, 9.17) is 4.42 Å². The molecular weight excluding hydrogens is 392 g/mol. The van der Waals surface area contributed by atoms with Crippen molar-refractivity contribution in [3.8, 4) is 0 Å². The zero-order valence-electron chi connectivity index (χ0n) is 18.6. The van der Waals surface area contributed by atoms with Gasteiger partial charge >= 0.3 is 0 Å². The van der Waals surface area contributed by atoms with E-state index in [1.165, 1.54) is 11.8 Å². The molecule has 1 aliphatic heterocycles. The van der Waals surface area contributed by atoms with Crippen molar-refractivity contribution < 1.29 is 14.3 Å². The predicted octanol–water partition coefficient (Wildman–Crippen LogP) is 2.20. The van der Waals surface area contributed by atoms with Crippen LogP contribution < -0.4 is 5.32 Å². The fourth-order valence-electron chi connectivity index (χ4n) is 5.10. The first-order valence-electron chi connectivity index (χ1n) is 11.3. The molecule has 1 aromatic carbocycles. The molecule has 1 saturated heterocycles. The number of hydrogen-bond acceptors (Lipinski definition) is 6. The minimum Gasteiger partial charge on any atom is -0.448 e. The molecule has 7 heteroatoms. The molecular formula is C24H34N4O3. The van der Waals surface area contributed by atoms with E-state index in [0.29, 0.717) is 18.1 Å². The van der Waals surface area contributed by atoms with Crippen LogP contribution in [0.5, 0.6) is 0 Å². The maximum atomic E-state index is 12.7. The normalized spacial score (nSPS) is 28.2. The number of aliphatic hydroxyl groups is 1. The quantitative estimate of drug-likeness (QED) is 0.714. The van der Waals surface area contributed by atoms with Gasteiger partial charge in [0.05, 0.1) is 6.10 Å². The van der Waals surface area contributed by atoms with E-state index in [1.54, 1.807) is 6.92 Å². The zero-order chi connectivity index (χ0) is 21.8. The van der Waals surface area contributed by atoms with Crippen LogP contribution in [0.25, 0.3) is 0 Å². The number of aliphatic hydroxyl groups excluding tert-OH is 1. The van der Waals surface area contributed by atoms with Crippen LogP contribution in [0.15, 0.2) is 41.0 Å². The second kappa shape index (κ2) is 9.51. The lowest BCUT2D eigenvalue weighted by Crippen LogP contribution is -2.52. The highest BCUT2D eigenvalue weighted by Gasteiger charge is 2.40. The van der Waals surface area contributed by atoms with E-state index in [9.17, 15) is 9.90 Å². The maximum Gasteiger partial charge on any atom is 0.273 e. The number of rotatable bonds is 5. The topological polar surface area (TPSA) is 81.8 Å². The number of aromatic nitrogens is 1. The molecule has 0 spiro atoms. The molecule has 1 amide bonds. The van der Waals surface area contributed by atoms with Gasteiger partial charge in [0.1, 0.15) is 6.26 Å². The van der Waals surface area contributed by atoms with Crippen molar-refractivity contribution in [2.75, 3.05) is 39.8 Å². The van der Waals surface area contributed by atoms with Crippen molar-refractivity contribution in [1.29, 1.82) is 0 Å². The SMILES string of the molecule is Cc1nc(C(=O)NC[C@@]2(c3ccccc3)CC[C@H](O)[C@@H](N3CCN(C)CC3)CC2)co1. The maximum absolute atomic E-state index is 12.7. The molecule has 2 N–H and O–H groups in total. The number of piperazine rings is 1. The Labute approximate surface area is 184 Å². The average molecular weight is 427 g/mol. The van der Waals surface area contributed by atoms with Gasteiger partial charge in [0.25, 0.3) is 5.91 Å². The van der Waals surface area contributed by atoms with Crippen LogP contribution in [0.4, 0.5) is 0 Å². The predicted molar refractivity (Wildman–Crippen MR) is 119 cm³/mol. The van der Waals surface area contributed by atoms with Crippen LogP contribution in [0.2, 0.25) is 0 Å². The molecule has 1 aliphatic carbocycles. The summed E-state index contributed by atoms with van der Waals surface area (Å²) in [4.78, 5) is 21.6. The van der Waals surface area contributed by atoms with Gasteiger partial charge in [-0.25, -0.2) is 4.98 Å². The highest BCUT2D eigenvalue weighted by Crippen LogP contribution is 2.39. The number of hydrogen-bond donors (Lipinski definition) is 2. The molecule has 168 valence electrons. The van der Waals surface area contributed by atoms with E-state index < -0.39 is 0 Å². The van der Waals surface area contributed by atoms with Crippen LogP contribution in [-0.2, 0) is 5.41 Å². The summed E-state index contributed by atoms with van der Waals surface area (Å²) in [5.41, 5.74) is 1.32. The Morgan fingerprint density at radius 1 is 1.19 bits per heavy atom. The van der Waals surface area contributed by atoms with E-state index in [1.807, 2.05) is 6.07 Å². The minimum absolute atomic E-state index is 0.174. The first kappa shape index (κ1) is 22.0. The molecule has 2 fully saturated rings. The number of nitrogens with one attached hydrogen (secondary N) is 1. The molecule has 1 saturated carbocycles. The number of aryl methyl sites for hydroxylation is 1. The summed E-state index contributed by atoms with van der Waals surface area (Å²) < 4.78 is 5.20. The number of likely N-dealkylation sites (N-methyl/N-ethyl adjacent to an activating group) is 1. The van der Waals surface area contributed by atoms with Crippen molar-refractivity contribution in [2.24, 2.45) is 0 Å². The summed E-state index contributed by atoms with van der Waals surface area (Å²) in [6.07, 6.45) is 4.45. The molecule has 0 radical (unpaired) electrons. The molecule has 2 heterocycles. The largest absolute Gasteiger partial charge is 0.448 e. The first-order valence-corrected chi connectivity index (χ1v) is 11.3. The number of amides is 1. The third-order valence-electron chi connectivity index (χ3n) is 7.11. The molecule has 0 unspecified atom stereocenters. The number of carbonyl (C=O) groups is 1. The standard InChI is InChI=1S/C24H34N4O3/c1-18-26-20(16-31-18)23(30)25-17-24(19-6-4-3-5-7-19)10-8-21(22(29)9-11-24)28-14-12-27(2)13-15-28/h3-7,16,21-22,29H,8-15,17H2,1-2H3,(H,25,30)/t21-,22-,24-/m0/s1. The van der Waals surface area contributed by atoms with Crippen LogP contribution in [0.1, 0.15) is 47.6 Å². The van der Waals surface area contributed by atoms with Crippen LogP contribution >= 0.6 is 0 Å². The average Bonchev–Trinajstić information content (AvgIpc) is 3.15. The van der Waals surface area contributed by atoms with Gasteiger partial charge in [-0.2, -0.15) is 0 Å². The van der Waals surface area contributed by atoms with Crippen LogP contribution in [-0.4, -0.2) is 77.7 Å². The lowest BCUT2D eigenvalue weighted by molar-refractivity contribution is 0.0200. The highest BCUT2D eigenvalue weighted by atomic mass is 16.3. The van der Waals surface area contributed by atoms with Gasteiger partial charge in [-0.05, 0) is 38.3 Å². The summed E-state index contributed by atoms with van der Waals surface area (Å²) in [6.45, 7) is 6.33. The minimum atomic E-state index is -0.345. The van der Waals surface area contributed by atoms with E-state index in [-0.39, 0.29) is 23.5 Å².